The summed E-state index contributed by atoms with van der Waals surface area (Å²) < 4.78 is 1.69. The molecule has 2 rings (SSSR count). The Kier molecular flexibility index (Phi) is 2.81. The smallest absolute Gasteiger partial charge is 0.261 e. The Morgan fingerprint density at radius 2 is 2.13 bits per heavy atom. The van der Waals surface area contributed by atoms with E-state index in [0.29, 0.717) is 5.39 Å². The molecule has 78 valence electrons. The molecule has 0 bridgehead atoms. The fourth-order valence-electron chi connectivity index (χ4n) is 1.59. The van der Waals surface area contributed by atoms with Gasteiger partial charge in [0.15, 0.2) is 0 Å². The third-order valence-corrected chi connectivity index (χ3v) is 2.48. The highest BCUT2D eigenvalue weighted by molar-refractivity contribution is 5.76. The molecule has 2 aromatic rings. The number of rotatable bonds is 3. The monoisotopic (exact) mass is 202 g/mol. The van der Waals surface area contributed by atoms with Gasteiger partial charge in [-0.3, -0.25) is 9.36 Å². The quantitative estimate of drug-likeness (QED) is 0.764. The number of hydrogen-bond donors (Lipinski definition) is 0. The van der Waals surface area contributed by atoms with E-state index in [2.05, 4.69) is 11.9 Å². The van der Waals surface area contributed by atoms with E-state index >= 15 is 0 Å². The van der Waals surface area contributed by atoms with Crippen molar-refractivity contribution in [1.82, 2.24) is 9.55 Å². The van der Waals surface area contributed by atoms with E-state index in [1.54, 1.807) is 10.9 Å². The third kappa shape index (κ3) is 1.91. The van der Waals surface area contributed by atoms with Crippen LogP contribution in [0.1, 0.15) is 19.8 Å². The zero-order valence-corrected chi connectivity index (χ0v) is 8.81. The number of hydrogen-bond acceptors (Lipinski definition) is 2. The second-order valence-corrected chi connectivity index (χ2v) is 3.61. The molecule has 3 nitrogen and oxygen atoms in total. The first-order valence-corrected chi connectivity index (χ1v) is 5.27. The van der Waals surface area contributed by atoms with E-state index < -0.39 is 0 Å². The van der Waals surface area contributed by atoms with Crippen molar-refractivity contribution in [3.63, 3.8) is 0 Å². The predicted octanol–water partition coefficient (Wildman–Crippen LogP) is 2.20. The minimum Gasteiger partial charge on any atom is -0.299 e. The van der Waals surface area contributed by atoms with Gasteiger partial charge < -0.3 is 0 Å². The fourth-order valence-corrected chi connectivity index (χ4v) is 1.59. The molecule has 0 unspecified atom stereocenters. The molecule has 0 N–H and O–H groups in total. The van der Waals surface area contributed by atoms with Crippen LogP contribution < -0.4 is 5.56 Å². The first-order chi connectivity index (χ1) is 7.33. The Labute approximate surface area is 88.4 Å². The second-order valence-electron chi connectivity index (χ2n) is 3.61. The van der Waals surface area contributed by atoms with Crippen LogP contribution in [0.15, 0.2) is 35.4 Å². The van der Waals surface area contributed by atoms with E-state index in [9.17, 15) is 4.79 Å². The Morgan fingerprint density at radius 1 is 1.33 bits per heavy atom. The van der Waals surface area contributed by atoms with Gasteiger partial charge >= 0.3 is 0 Å². The van der Waals surface area contributed by atoms with Crippen molar-refractivity contribution < 1.29 is 0 Å². The van der Waals surface area contributed by atoms with E-state index in [0.717, 1.165) is 24.9 Å². The molecule has 0 fully saturated rings. The minimum absolute atomic E-state index is 0.0639. The Balaban J connectivity index is 2.51. The van der Waals surface area contributed by atoms with E-state index in [4.69, 9.17) is 0 Å². The third-order valence-electron chi connectivity index (χ3n) is 2.48. The predicted molar refractivity (Wildman–Crippen MR) is 60.9 cm³/mol. The van der Waals surface area contributed by atoms with Crippen LogP contribution in [0.3, 0.4) is 0 Å². The average Bonchev–Trinajstić information content (AvgIpc) is 2.29. The highest BCUT2D eigenvalue weighted by atomic mass is 16.1. The Morgan fingerprint density at radius 3 is 2.93 bits per heavy atom. The molecule has 0 saturated heterocycles. The minimum atomic E-state index is 0.0639. The molecule has 0 aliphatic carbocycles. The molecule has 1 aromatic heterocycles. The second kappa shape index (κ2) is 4.26. The van der Waals surface area contributed by atoms with Gasteiger partial charge in [-0.25, -0.2) is 4.98 Å². The van der Waals surface area contributed by atoms with Gasteiger partial charge in [0.25, 0.3) is 5.56 Å². The number of aryl methyl sites for hydroxylation is 1. The molecule has 0 radical (unpaired) electrons. The maximum absolute atomic E-state index is 12.0. The summed E-state index contributed by atoms with van der Waals surface area (Å²) in [6, 6.07) is 7.45. The van der Waals surface area contributed by atoms with E-state index in [-0.39, 0.29) is 5.56 Å². The number of benzene rings is 1. The highest BCUT2D eigenvalue weighted by Crippen LogP contribution is 2.04. The van der Waals surface area contributed by atoms with Crippen LogP contribution >= 0.6 is 0 Å². The number of aromatic nitrogens is 2. The van der Waals surface area contributed by atoms with Crippen molar-refractivity contribution in [3.8, 4) is 0 Å². The standard InChI is InChI=1S/C12H14N2O/c1-2-3-8-14-9-13-11-7-5-4-6-10(11)12(14)15/h4-7,9H,2-3,8H2,1H3. The highest BCUT2D eigenvalue weighted by Gasteiger charge is 2.01. The first kappa shape index (κ1) is 9.90. The average molecular weight is 202 g/mol. The summed E-state index contributed by atoms with van der Waals surface area (Å²) in [5.41, 5.74) is 0.837. The molecule has 0 aliphatic heterocycles. The zero-order chi connectivity index (χ0) is 10.7. The summed E-state index contributed by atoms with van der Waals surface area (Å²) in [7, 11) is 0. The summed E-state index contributed by atoms with van der Waals surface area (Å²) >= 11 is 0. The number of fused-ring (bicyclic) bond motifs is 1. The maximum Gasteiger partial charge on any atom is 0.261 e. The van der Waals surface area contributed by atoms with Gasteiger partial charge in [0.1, 0.15) is 0 Å². The first-order valence-electron chi connectivity index (χ1n) is 5.27. The van der Waals surface area contributed by atoms with Crippen molar-refractivity contribution in [2.75, 3.05) is 0 Å². The molecule has 15 heavy (non-hydrogen) atoms. The largest absolute Gasteiger partial charge is 0.299 e. The van der Waals surface area contributed by atoms with Gasteiger partial charge in [0.05, 0.1) is 17.2 Å². The zero-order valence-electron chi connectivity index (χ0n) is 8.81. The molecule has 1 heterocycles. The lowest BCUT2D eigenvalue weighted by Gasteiger charge is -2.04. The number of para-hydroxylation sites is 1. The molecule has 1 aromatic carbocycles. The summed E-state index contributed by atoms with van der Waals surface area (Å²) in [5.74, 6) is 0. The Hall–Kier alpha value is -1.64. The van der Waals surface area contributed by atoms with Crippen LogP contribution in [0, 0.1) is 0 Å². The molecular weight excluding hydrogens is 188 g/mol. The van der Waals surface area contributed by atoms with Crippen molar-refractivity contribution in [3.05, 3.63) is 40.9 Å². The topological polar surface area (TPSA) is 34.9 Å². The van der Waals surface area contributed by atoms with Crippen molar-refractivity contribution in [2.45, 2.75) is 26.3 Å². The molecule has 0 saturated carbocycles. The van der Waals surface area contributed by atoms with Gasteiger partial charge in [-0.1, -0.05) is 25.5 Å². The van der Waals surface area contributed by atoms with Crippen LogP contribution in [-0.4, -0.2) is 9.55 Å². The lowest BCUT2D eigenvalue weighted by atomic mass is 10.2. The fraction of sp³-hybridized carbons (Fsp3) is 0.333. The van der Waals surface area contributed by atoms with Crippen LogP contribution in [-0.2, 0) is 6.54 Å². The SMILES string of the molecule is CCCCn1cnc2ccccc2c1=O. The molecule has 0 spiro atoms. The summed E-state index contributed by atoms with van der Waals surface area (Å²) in [6.45, 7) is 2.87. The lowest BCUT2D eigenvalue weighted by Crippen LogP contribution is -2.20. The van der Waals surface area contributed by atoms with Gasteiger partial charge in [-0.15, -0.1) is 0 Å². The van der Waals surface area contributed by atoms with Crippen molar-refractivity contribution in [1.29, 1.82) is 0 Å². The van der Waals surface area contributed by atoms with Crippen molar-refractivity contribution in [2.24, 2.45) is 0 Å². The van der Waals surface area contributed by atoms with Crippen LogP contribution in [0.4, 0.5) is 0 Å². The van der Waals surface area contributed by atoms with E-state index in [1.807, 2.05) is 24.3 Å². The van der Waals surface area contributed by atoms with Crippen molar-refractivity contribution >= 4 is 10.9 Å². The van der Waals surface area contributed by atoms with Gasteiger partial charge in [-0.05, 0) is 18.6 Å². The van der Waals surface area contributed by atoms with Crippen LogP contribution in [0.25, 0.3) is 10.9 Å². The number of unbranched alkanes of at least 4 members (excludes halogenated alkanes) is 1. The van der Waals surface area contributed by atoms with Crippen LogP contribution in [0.2, 0.25) is 0 Å². The van der Waals surface area contributed by atoms with Crippen LogP contribution in [0.5, 0.6) is 0 Å². The van der Waals surface area contributed by atoms with Gasteiger partial charge in [-0.2, -0.15) is 0 Å². The summed E-state index contributed by atoms with van der Waals surface area (Å²) in [5, 5.41) is 0.705. The lowest BCUT2D eigenvalue weighted by molar-refractivity contribution is 0.608. The summed E-state index contributed by atoms with van der Waals surface area (Å²) in [6.07, 6.45) is 3.74. The van der Waals surface area contributed by atoms with Gasteiger partial charge in [0.2, 0.25) is 0 Å². The molecule has 0 amide bonds. The maximum atomic E-state index is 12.0. The summed E-state index contributed by atoms with van der Waals surface area (Å²) in [4.78, 5) is 16.2. The van der Waals surface area contributed by atoms with E-state index in [1.165, 1.54) is 0 Å². The molecule has 3 heteroatoms. The Bertz CT molecular complexity index is 516. The van der Waals surface area contributed by atoms with Gasteiger partial charge in [0, 0.05) is 6.54 Å². The molecule has 0 aliphatic rings. The molecule has 0 atom stereocenters. The molecular formula is C12H14N2O. The normalized spacial score (nSPS) is 10.7. The number of nitrogens with zero attached hydrogens (tertiary/aromatic N) is 2.